The van der Waals surface area contributed by atoms with Crippen LogP contribution >= 0.6 is 22.9 Å². The summed E-state index contributed by atoms with van der Waals surface area (Å²) in [4.78, 5) is 7.23. The molecule has 2 N–H and O–H groups in total. The number of aliphatic hydroxyl groups excluding tert-OH is 1. The van der Waals surface area contributed by atoms with Gasteiger partial charge in [-0.05, 0) is 24.3 Å². The van der Waals surface area contributed by atoms with Crippen molar-refractivity contribution in [3.8, 4) is 0 Å². The fraction of sp³-hybridized carbons (Fsp3) is 0.267. The van der Waals surface area contributed by atoms with Gasteiger partial charge in [0.05, 0.1) is 18.8 Å². The summed E-state index contributed by atoms with van der Waals surface area (Å²) >= 11 is 7.75. The van der Waals surface area contributed by atoms with E-state index in [-0.39, 0.29) is 6.61 Å². The maximum Gasteiger partial charge on any atom is 0.195 e. The van der Waals surface area contributed by atoms with E-state index >= 15 is 0 Å². The minimum Gasteiger partial charge on any atom is -0.395 e. The number of thiazole rings is 1. The molecular weight excluding hydrogens is 320 g/mol. The van der Waals surface area contributed by atoms with E-state index in [0.717, 1.165) is 22.0 Å². The van der Waals surface area contributed by atoms with E-state index in [0.29, 0.717) is 18.2 Å². The molecule has 0 radical (unpaired) electrons. The standard InChI is InChI=1S/C15H17ClN4OS/c1-19(6-8-21)12-4-2-11(3-5-12)17-10-13-14(16)18-15-20(13)7-9-22-15/h2-5,7,9,17,21H,6,8,10H2,1H3. The highest BCUT2D eigenvalue weighted by atomic mass is 35.5. The fourth-order valence-corrected chi connectivity index (χ4v) is 3.28. The molecule has 0 unspecified atom stereocenters. The van der Waals surface area contributed by atoms with Crippen LogP contribution in [0.15, 0.2) is 35.8 Å². The molecule has 1 aromatic carbocycles. The Balaban J connectivity index is 1.69. The molecular formula is C15H17ClN4OS. The third kappa shape index (κ3) is 3.04. The lowest BCUT2D eigenvalue weighted by Crippen LogP contribution is -2.20. The van der Waals surface area contributed by atoms with Crippen LogP contribution in [0, 0.1) is 0 Å². The summed E-state index contributed by atoms with van der Waals surface area (Å²) < 4.78 is 2.00. The molecule has 2 heterocycles. The summed E-state index contributed by atoms with van der Waals surface area (Å²) in [7, 11) is 1.96. The molecule has 0 saturated carbocycles. The number of nitrogens with one attached hydrogen (secondary N) is 1. The average molecular weight is 337 g/mol. The Bertz CT molecular complexity index is 753. The molecule has 0 saturated heterocycles. The van der Waals surface area contributed by atoms with Gasteiger partial charge in [-0.2, -0.15) is 0 Å². The Morgan fingerprint density at radius 2 is 2.14 bits per heavy atom. The van der Waals surface area contributed by atoms with Crippen LogP contribution in [0.25, 0.3) is 4.96 Å². The van der Waals surface area contributed by atoms with E-state index in [1.807, 2.05) is 52.2 Å². The van der Waals surface area contributed by atoms with Crippen molar-refractivity contribution >= 4 is 39.3 Å². The van der Waals surface area contributed by atoms with Gasteiger partial charge in [-0.25, -0.2) is 4.98 Å². The molecule has 116 valence electrons. The average Bonchev–Trinajstić information content (AvgIpc) is 3.07. The van der Waals surface area contributed by atoms with E-state index in [4.69, 9.17) is 16.7 Å². The highest BCUT2D eigenvalue weighted by molar-refractivity contribution is 7.15. The van der Waals surface area contributed by atoms with Crippen LogP contribution in [0.3, 0.4) is 0 Å². The van der Waals surface area contributed by atoms with Crippen LogP contribution in [-0.2, 0) is 6.54 Å². The number of aromatic nitrogens is 2. The normalized spacial score (nSPS) is 11.0. The first-order valence-corrected chi connectivity index (χ1v) is 8.20. The lowest BCUT2D eigenvalue weighted by Gasteiger charge is -2.18. The second kappa shape index (κ2) is 6.56. The summed E-state index contributed by atoms with van der Waals surface area (Å²) in [6.07, 6.45) is 1.98. The topological polar surface area (TPSA) is 52.8 Å². The van der Waals surface area contributed by atoms with Gasteiger partial charge < -0.3 is 15.3 Å². The van der Waals surface area contributed by atoms with E-state index in [1.165, 1.54) is 0 Å². The van der Waals surface area contributed by atoms with Crippen molar-refractivity contribution in [1.82, 2.24) is 9.38 Å². The molecule has 0 aliphatic carbocycles. The Labute approximate surface area is 137 Å². The zero-order chi connectivity index (χ0) is 15.5. The fourth-order valence-electron chi connectivity index (χ4n) is 2.26. The predicted octanol–water partition coefficient (Wildman–Crippen LogP) is 3.09. The van der Waals surface area contributed by atoms with Gasteiger partial charge in [0.2, 0.25) is 0 Å². The largest absolute Gasteiger partial charge is 0.395 e. The minimum atomic E-state index is 0.146. The Morgan fingerprint density at radius 1 is 1.36 bits per heavy atom. The maximum absolute atomic E-state index is 8.96. The summed E-state index contributed by atoms with van der Waals surface area (Å²) in [6.45, 7) is 1.38. The zero-order valence-corrected chi connectivity index (χ0v) is 13.7. The number of anilines is 2. The van der Waals surface area contributed by atoms with Crippen molar-refractivity contribution in [3.05, 3.63) is 46.7 Å². The third-order valence-corrected chi connectivity index (χ3v) is 4.57. The second-order valence-electron chi connectivity index (χ2n) is 4.95. The van der Waals surface area contributed by atoms with Gasteiger partial charge in [0, 0.05) is 36.5 Å². The van der Waals surface area contributed by atoms with Crippen molar-refractivity contribution in [2.24, 2.45) is 0 Å². The van der Waals surface area contributed by atoms with Gasteiger partial charge >= 0.3 is 0 Å². The van der Waals surface area contributed by atoms with Crippen LogP contribution in [0.5, 0.6) is 0 Å². The van der Waals surface area contributed by atoms with Gasteiger partial charge in [-0.3, -0.25) is 4.40 Å². The number of rotatable bonds is 6. The maximum atomic E-state index is 8.96. The molecule has 7 heteroatoms. The first-order valence-electron chi connectivity index (χ1n) is 6.95. The molecule has 0 fully saturated rings. The Morgan fingerprint density at radius 3 is 2.86 bits per heavy atom. The first-order chi connectivity index (χ1) is 10.7. The molecule has 5 nitrogen and oxygen atoms in total. The smallest absolute Gasteiger partial charge is 0.195 e. The van der Waals surface area contributed by atoms with Crippen molar-refractivity contribution in [1.29, 1.82) is 0 Å². The molecule has 3 rings (SSSR count). The van der Waals surface area contributed by atoms with E-state index in [9.17, 15) is 0 Å². The molecule has 0 bridgehead atoms. The summed E-state index contributed by atoms with van der Waals surface area (Å²) in [5.41, 5.74) is 3.05. The van der Waals surface area contributed by atoms with Crippen molar-refractivity contribution in [2.75, 3.05) is 30.4 Å². The Hall–Kier alpha value is -1.76. The number of imidazole rings is 1. The van der Waals surface area contributed by atoms with Crippen molar-refractivity contribution < 1.29 is 5.11 Å². The number of halogens is 1. The summed E-state index contributed by atoms with van der Waals surface area (Å²) in [5.74, 6) is 0. The summed E-state index contributed by atoms with van der Waals surface area (Å²) in [6, 6.07) is 8.08. The van der Waals surface area contributed by atoms with Crippen LogP contribution in [0.1, 0.15) is 5.69 Å². The molecule has 2 aromatic heterocycles. The molecule has 0 aliphatic heterocycles. The Kier molecular flexibility index (Phi) is 4.52. The minimum absolute atomic E-state index is 0.146. The number of aliphatic hydroxyl groups is 1. The van der Waals surface area contributed by atoms with Crippen molar-refractivity contribution in [2.45, 2.75) is 6.54 Å². The molecule has 22 heavy (non-hydrogen) atoms. The SMILES string of the molecule is CN(CCO)c1ccc(NCc2c(Cl)nc3sccn23)cc1. The number of hydrogen-bond donors (Lipinski definition) is 2. The van der Waals surface area contributed by atoms with Crippen molar-refractivity contribution in [3.63, 3.8) is 0 Å². The lowest BCUT2D eigenvalue weighted by molar-refractivity contribution is 0.304. The van der Waals surface area contributed by atoms with E-state index < -0.39 is 0 Å². The lowest BCUT2D eigenvalue weighted by atomic mass is 10.2. The number of fused-ring (bicyclic) bond motifs is 1. The number of benzene rings is 1. The van der Waals surface area contributed by atoms with Gasteiger partial charge in [0.15, 0.2) is 10.1 Å². The predicted molar refractivity (Wildman–Crippen MR) is 92.2 cm³/mol. The summed E-state index contributed by atoms with van der Waals surface area (Å²) in [5, 5.41) is 14.9. The van der Waals surface area contributed by atoms with Crippen LogP contribution in [-0.4, -0.2) is 34.7 Å². The van der Waals surface area contributed by atoms with Gasteiger partial charge in [0.1, 0.15) is 0 Å². The van der Waals surface area contributed by atoms with Crippen LogP contribution in [0.2, 0.25) is 5.15 Å². The monoisotopic (exact) mass is 336 g/mol. The quantitative estimate of drug-likeness (QED) is 0.726. The second-order valence-corrected chi connectivity index (χ2v) is 6.18. The first kappa shape index (κ1) is 15.1. The van der Waals surface area contributed by atoms with E-state index in [2.05, 4.69) is 10.3 Å². The number of nitrogens with zero attached hydrogens (tertiary/aromatic N) is 3. The molecule has 0 atom stereocenters. The zero-order valence-electron chi connectivity index (χ0n) is 12.2. The molecule has 0 aliphatic rings. The highest BCUT2D eigenvalue weighted by Gasteiger charge is 2.10. The van der Waals surface area contributed by atoms with Gasteiger partial charge in [-0.15, -0.1) is 11.3 Å². The highest BCUT2D eigenvalue weighted by Crippen LogP contribution is 2.23. The molecule has 0 amide bonds. The van der Waals surface area contributed by atoms with E-state index in [1.54, 1.807) is 11.3 Å². The van der Waals surface area contributed by atoms with Crippen LogP contribution in [0.4, 0.5) is 11.4 Å². The number of likely N-dealkylation sites (N-methyl/N-ethyl adjacent to an activating group) is 1. The number of hydrogen-bond acceptors (Lipinski definition) is 5. The van der Waals surface area contributed by atoms with Crippen LogP contribution < -0.4 is 10.2 Å². The molecule has 0 spiro atoms. The van der Waals surface area contributed by atoms with Gasteiger partial charge in [-0.1, -0.05) is 11.6 Å². The molecule has 3 aromatic rings. The van der Waals surface area contributed by atoms with Gasteiger partial charge in [0.25, 0.3) is 0 Å². The third-order valence-electron chi connectivity index (χ3n) is 3.52.